The van der Waals surface area contributed by atoms with Crippen LogP contribution in [0, 0.1) is 0 Å². The van der Waals surface area contributed by atoms with E-state index in [1.807, 2.05) is 0 Å². The lowest BCUT2D eigenvalue weighted by molar-refractivity contribution is -0.00274. The summed E-state index contributed by atoms with van der Waals surface area (Å²) in [5.74, 6) is 0. The number of alkyl halides is 2. The summed E-state index contributed by atoms with van der Waals surface area (Å²) in [6, 6.07) is 0. The maximum atomic E-state index is 11.5. The highest BCUT2D eigenvalue weighted by Crippen LogP contribution is 1.97. The van der Waals surface area contributed by atoms with E-state index in [-0.39, 0.29) is 6.54 Å². The quantitative estimate of drug-likeness (QED) is 0.440. The minimum absolute atomic E-state index is 0.0936. The molecule has 0 amide bonds. The van der Waals surface area contributed by atoms with E-state index >= 15 is 0 Å². The van der Waals surface area contributed by atoms with Crippen LogP contribution in [0.5, 0.6) is 0 Å². The van der Waals surface area contributed by atoms with Gasteiger partial charge in [0.05, 0.1) is 0 Å². The van der Waals surface area contributed by atoms with Gasteiger partial charge >= 0.3 is 0 Å². The zero-order chi connectivity index (χ0) is 7.98. The van der Waals surface area contributed by atoms with Gasteiger partial charge in [-0.25, -0.2) is 8.78 Å². The molecule has 2 N–H and O–H groups in total. The Balaban J connectivity index is 3.21. The number of rotatable bonds is 5. The van der Waals surface area contributed by atoms with Gasteiger partial charge in [-0.2, -0.15) is 0 Å². The predicted octanol–water partition coefficient (Wildman–Crippen LogP) is 0.388. The summed E-state index contributed by atoms with van der Waals surface area (Å²) in [5, 5.41) is 11.1. The van der Waals surface area contributed by atoms with Crippen molar-refractivity contribution in [2.45, 2.75) is 12.5 Å². The summed E-state index contributed by atoms with van der Waals surface area (Å²) in [6.45, 7) is 3.71. The molecule has 0 aliphatic carbocycles. The molecular weight excluding hydrogens is 140 g/mol. The van der Waals surface area contributed by atoms with Gasteiger partial charge in [0.2, 0.25) is 0 Å². The van der Waals surface area contributed by atoms with Gasteiger partial charge in [0, 0.05) is 13.1 Å². The van der Waals surface area contributed by atoms with Crippen LogP contribution in [-0.2, 0) is 0 Å². The number of aliphatic hydroxyl groups is 1. The van der Waals surface area contributed by atoms with E-state index in [1.165, 1.54) is 6.08 Å². The highest BCUT2D eigenvalue weighted by Gasteiger charge is 2.14. The van der Waals surface area contributed by atoms with Gasteiger partial charge in [-0.1, -0.05) is 6.08 Å². The number of aliphatic hydroxyl groups excluding tert-OH is 1. The lowest BCUT2D eigenvalue weighted by Gasteiger charge is -2.08. The van der Waals surface area contributed by atoms with Gasteiger partial charge in [0.25, 0.3) is 6.43 Å². The second kappa shape index (κ2) is 5.32. The Hall–Kier alpha value is -0.480. The first-order valence-electron chi connectivity index (χ1n) is 2.96. The fourth-order valence-electron chi connectivity index (χ4n) is 0.422. The lowest BCUT2D eigenvalue weighted by Crippen LogP contribution is -2.31. The van der Waals surface area contributed by atoms with E-state index in [2.05, 4.69) is 11.9 Å². The fourth-order valence-corrected chi connectivity index (χ4v) is 0.422. The predicted molar refractivity (Wildman–Crippen MR) is 35.1 cm³/mol. The van der Waals surface area contributed by atoms with Crippen LogP contribution in [0.2, 0.25) is 0 Å². The van der Waals surface area contributed by atoms with Gasteiger partial charge < -0.3 is 10.4 Å². The van der Waals surface area contributed by atoms with Crippen LogP contribution in [0.15, 0.2) is 12.7 Å². The molecule has 0 heterocycles. The van der Waals surface area contributed by atoms with Crippen molar-refractivity contribution in [3.8, 4) is 0 Å². The van der Waals surface area contributed by atoms with Gasteiger partial charge in [0.15, 0.2) is 0 Å². The first kappa shape index (κ1) is 9.52. The molecule has 0 radical (unpaired) electrons. The van der Waals surface area contributed by atoms with E-state index < -0.39 is 12.5 Å². The molecule has 0 aromatic heterocycles. The Labute approximate surface area is 58.5 Å². The van der Waals surface area contributed by atoms with E-state index in [9.17, 15) is 8.78 Å². The third-order valence-electron chi connectivity index (χ3n) is 0.933. The van der Waals surface area contributed by atoms with Crippen molar-refractivity contribution in [3.63, 3.8) is 0 Å². The van der Waals surface area contributed by atoms with Gasteiger partial charge in [-0.05, 0) is 0 Å². The van der Waals surface area contributed by atoms with Gasteiger partial charge in [-0.15, -0.1) is 6.58 Å². The first-order chi connectivity index (χ1) is 4.68. The van der Waals surface area contributed by atoms with Crippen molar-refractivity contribution in [3.05, 3.63) is 12.7 Å². The van der Waals surface area contributed by atoms with Crippen molar-refractivity contribution < 1.29 is 13.9 Å². The van der Waals surface area contributed by atoms with Gasteiger partial charge in [-0.3, -0.25) is 0 Å². The molecule has 0 saturated carbocycles. The SMILES string of the molecule is C=CCNCC(O)C(F)F. The Kier molecular flexibility index (Phi) is 5.06. The third-order valence-corrected chi connectivity index (χ3v) is 0.933. The van der Waals surface area contributed by atoms with E-state index in [0.29, 0.717) is 6.54 Å². The van der Waals surface area contributed by atoms with Crippen LogP contribution in [-0.4, -0.2) is 30.7 Å². The van der Waals surface area contributed by atoms with Crippen LogP contribution >= 0.6 is 0 Å². The van der Waals surface area contributed by atoms with Crippen molar-refractivity contribution in [1.82, 2.24) is 5.32 Å². The molecule has 0 spiro atoms. The first-order valence-corrected chi connectivity index (χ1v) is 2.96. The van der Waals surface area contributed by atoms with E-state index in [1.54, 1.807) is 0 Å². The molecule has 0 aromatic rings. The zero-order valence-electron chi connectivity index (χ0n) is 5.56. The molecule has 0 aromatic carbocycles. The van der Waals surface area contributed by atoms with Crippen LogP contribution < -0.4 is 5.32 Å². The number of halogens is 2. The van der Waals surface area contributed by atoms with Crippen LogP contribution in [0.3, 0.4) is 0 Å². The van der Waals surface area contributed by atoms with E-state index in [4.69, 9.17) is 5.11 Å². The molecular formula is C6H11F2NO. The smallest absolute Gasteiger partial charge is 0.265 e. The standard InChI is InChI=1S/C6H11F2NO/c1-2-3-9-4-5(10)6(7)8/h2,5-6,9-10H,1,3-4H2. The third kappa shape index (κ3) is 4.40. The van der Waals surface area contributed by atoms with Crippen LogP contribution in [0.25, 0.3) is 0 Å². The topological polar surface area (TPSA) is 32.3 Å². The summed E-state index contributed by atoms with van der Waals surface area (Å²) in [5.41, 5.74) is 0. The second-order valence-corrected chi connectivity index (χ2v) is 1.85. The molecule has 0 bridgehead atoms. The zero-order valence-corrected chi connectivity index (χ0v) is 5.56. The van der Waals surface area contributed by atoms with Crippen molar-refractivity contribution >= 4 is 0 Å². The molecule has 0 aliphatic heterocycles. The summed E-state index contributed by atoms with van der Waals surface area (Å²) in [7, 11) is 0. The van der Waals surface area contributed by atoms with E-state index in [0.717, 1.165) is 0 Å². The summed E-state index contributed by atoms with van der Waals surface area (Å²) >= 11 is 0. The normalized spacial score (nSPS) is 13.6. The Morgan fingerprint density at radius 2 is 2.20 bits per heavy atom. The molecule has 0 rings (SSSR count). The number of hydrogen-bond donors (Lipinski definition) is 2. The molecule has 0 aliphatic rings. The fraction of sp³-hybridized carbons (Fsp3) is 0.667. The maximum Gasteiger partial charge on any atom is 0.265 e. The second-order valence-electron chi connectivity index (χ2n) is 1.85. The lowest BCUT2D eigenvalue weighted by atomic mass is 10.4. The Morgan fingerprint density at radius 1 is 1.60 bits per heavy atom. The molecule has 1 atom stereocenters. The number of nitrogens with one attached hydrogen (secondary N) is 1. The summed E-state index contributed by atoms with van der Waals surface area (Å²) in [6.07, 6.45) is -2.70. The minimum atomic E-state index is -2.67. The van der Waals surface area contributed by atoms with Gasteiger partial charge in [0.1, 0.15) is 6.10 Å². The highest BCUT2D eigenvalue weighted by molar-refractivity contribution is 4.71. The average Bonchev–Trinajstić information content (AvgIpc) is 1.88. The molecule has 2 nitrogen and oxygen atoms in total. The molecule has 1 unspecified atom stereocenters. The van der Waals surface area contributed by atoms with Crippen molar-refractivity contribution in [2.75, 3.05) is 13.1 Å². The summed E-state index contributed by atoms with van der Waals surface area (Å²) in [4.78, 5) is 0. The van der Waals surface area contributed by atoms with Crippen molar-refractivity contribution in [1.29, 1.82) is 0 Å². The monoisotopic (exact) mass is 151 g/mol. The molecule has 0 saturated heterocycles. The van der Waals surface area contributed by atoms with Crippen LogP contribution in [0.1, 0.15) is 0 Å². The highest BCUT2D eigenvalue weighted by atomic mass is 19.3. The summed E-state index contributed by atoms with van der Waals surface area (Å²) < 4.78 is 23.1. The Bertz CT molecular complexity index is 97.7. The van der Waals surface area contributed by atoms with Crippen molar-refractivity contribution in [2.24, 2.45) is 0 Å². The molecule has 4 heteroatoms. The Morgan fingerprint density at radius 3 is 2.60 bits per heavy atom. The average molecular weight is 151 g/mol. The largest absolute Gasteiger partial charge is 0.386 e. The minimum Gasteiger partial charge on any atom is -0.386 e. The molecule has 60 valence electrons. The molecule has 10 heavy (non-hydrogen) atoms. The number of hydrogen-bond acceptors (Lipinski definition) is 2. The van der Waals surface area contributed by atoms with Crippen LogP contribution in [0.4, 0.5) is 8.78 Å². The maximum absolute atomic E-state index is 11.5. The molecule has 0 fully saturated rings.